The molecule has 0 aliphatic carbocycles. The number of hydrogen-bond donors (Lipinski definition) is 2. The fraction of sp³-hybridized carbons (Fsp3) is 0.182. The molecule has 5 nitrogen and oxygen atoms in total. The van der Waals surface area contributed by atoms with E-state index in [-0.39, 0.29) is 5.91 Å². The number of nitrogens with zero attached hydrogens (tertiary/aromatic N) is 1. The lowest BCUT2D eigenvalue weighted by molar-refractivity contribution is 0.0946. The maximum atomic E-state index is 12.4. The van der Waals surface area contributed by atoms with E-state index in [1.165, 1.54) is 11.1 Å². The van der Waals surface area contributed by atoms with Crippen LogP contribution in [0.25, 0.3) is 0 Å². The third-order valence-corrected chi connectivity index (χ3v) is 4.49. The van der Waals surface area contributed by atoms with Gasteiger partial charge in [-0.15, -0.1) is 0 Å². The molecule has 2 N–H and O–H groups in total. The van der Waals surface area contributed by atoms with Gasteiger partial charge in [0.2, 0.25) is 0 Å². The molecule has 0 bridgehead atoms. The van der Waals surface area contributed by atoms with Gasteiger partial charge in [-0.25, -0.2) is 0 Å². The first-order valence-electron chi connectivity index (χ1n) is 8.77. The summed E-state index contributed by atoms with van der Waals surface area (Å²) in [6, 6.07) is 17.3. The summed E-state index contributed by atoms with van der Waals surface area (Å²) in [6.45, 7) is 4.57. The largest absolute Gasteiger partial charge is 0.497 e. The van der Waals surface area contributed by atoms with E-state index in [0.29, 0.717) is 12.2 Å². The monoisotopic (exact) mass is 361 g/mol. The number of benzene rings is 2. The van der Waals surface area contributed by atoms with E-state index in [1.54, 1.807) is 19.4 Å². The van der Waals surface area contributed by atoms with Crippen molar-refractivity contribution in [3.05, 3.63) is 83.2 Å². The van der Waals surface area contributed by atoms with Crippen LogP contribution in [0.15, 0.2) is 60.8 Å². The number of ether oxygens (including phenoxy) is 1. The first-order chi connectivity index (χ1) is 13.1. The minimum atomic E-state index is -0.213. The summed E-state index contributed by atoms with van der Waals surface area (Å²) in [5, 5.41) is 6.26. The summed E-state index contributed by atoms with van der Waals surface area (Å²) >= 11 is 0. The first-order valence-corrected chi connectivity index (χ1v) is 8.77. The predicted molar refractivity (Wildman–Crippen MR) is 108 cm³/mol. The number of pyridine rings is 1. The fourth-order valence-corrected chi connectivity index (χ4v) is 2.69. The molecule has 0 unspecified atom stereocenters. The van der Waals surface area contributed by atoms with Crippen molar-refractivity contribution in [2.75, 3.05) is 12.4 Å². The second-order valence-corrected chi connectivity index (χ2v) is 6.33. The highest BCUT2D eigenvalue weighted by molar-refractivity contribution is 5.93. The van der Waals surface area contributed by atoms with Crippen LogP contribution in [0.3, 0.4) is 0 Å². The number of aryl methyl sites for hydroxylation is 1. The molecule has 0 radical (unpaired) electrons. The van der Waals surface area contributed by atoms with Crippen molar-refractivity contribution in [2.24, 2.45) is 0 Å². The van der Waals surface area contributed by atoms with Gasteiger partial charge in [0.25, 0.3) is 5.91 Å². The van der Waals surface area contributed by atoms with Crippen LogP contribution in [-0.4, -0.2) is 18.0 Å². The molecule has 0 aliphatic rings. The standard InChI is InChI=1S/C22H23N3O2/c1-15-5-4-6-20(16(15)2)25-18-11-12-23-21(13-18)22(26)24-14-17-7-9-19(27-3)10-8-17/h4-13H,14H2,1-3H3,(H,23,25)(H,24,26). The van der Waals surface area contributed by atoms with Crippen LogP contribution in [0, 0.1) is 13.8 Å². The van der Waals surface area contributed by atoms with Gasteiger partial charge in [-0.3, -0.25) is 9.78 Å². The molecule has 3 aromatic rings. The molecule has 27 heavy (non-hydrogen) atoms. The summed E-state index contributed by atoms with van der Waals surface area (Å²) in [7, 11) is 1.63. The van der Waals surface area contributed by atoms with Gasteiger partial charge >= 0.3 is 0 Å². The molecule has 0 fully saturated rings. The average molecular weight is 361 g/mol. The van der Waals surface area contributed by atoms with Crippen LogP contribution < -0.4 is 15.4 Å². The Balaban J connectivity index is 1.67. The third kappa shape index (κ3) is 4.64. The summed E-state index contributed by atoms with van der Waals surface area (Å²) in [4.78, 5) is 16.6. The Hall–Kier alpha value is -3.34. The summed E-state index contributed by atoms with van der Waals surface area (Å²) < 4.78 is 5.14. The molecule has 0 spiro atoms. The molecule has 0 saturated carbocycles. The quantitative estimate of drug-likeness (QED) is 0.684. The topological polar surface area (TPSA) is 63.2 Å². The molecular weight excluding hydrogens is 338 g/mol. The van der Waals surface area contributed by atoms with Crippen molar-refractivity contribution in [1.82, 2.24) is 10.3 Å². The van der Waals surface area contributed by atoms with Crippen molar-refractivity contribution in [1.29, 1.82) is 0 Å². The molecule has 1 aromatic heterocycles. The van der Waals surface area contributed by atoms with Crippen LogP contribution in [0.1, 0.15) is 27.2 Å². The van der Waals surface area contributed by atoms with Crippen LogP contribution in [-0.2, 0) is 6.54 Å². The summed E-state index contributed by atoms with van der Waals surface area (Å²) in [5.41, 5.74) is 5.61. The minimum Gasteiger partial charge on any atom is -0.497 e. The smallest absolute Gasteiger partial charge is 0.270 e. The van der Waals surface area contributed by atoms with E-state index in [2.05, 4.69) is 35.5 Å². The number of hydrogen-bond acceptors (Lipinski definition) is 4. The van der Waals surface area contributed by atoms with Gasteiger partial charge in [0.05, 0.1) is 7.11 Å². The highest BCUT2D eigenvalue weighted by Gasteiger charge is 2.09. The number of nitrogens with one attached hydrogen (secondary N) is 2. The number of anilines is 2. The number of aromatic nitrogens is 1. The highest BCUT2D eigenvalue weighted by atomic mass is 16.5. The SMILES string of the molecule is COc1ccc(CNC(=O)c2cc(Nc3cccc(C)c3C)ccn2)cc1. The molecular formula is C22H23N3O2. The Kier molecular flexibility index (Phi) is 5.71. The molecule has 0 saturated heterocycles. The average Bonchev–Trinajstić information content (AvgIpc) is 2.70. The summed E-state index contributed by atoms with van der Waals surface area (Å²) in [5.74, 6) is 0.576. The Morgan fingerprint density at radius 1 is 1.07 bits per heavy atom. The van der Waals surface area contributed by atoms with E-state index < -0.39 is 0 Å². The van der Waals surface area contributed by atoms with Crippen LogP contribution in [0.5, 0.6) is 5.75 Å². The van der Waals surface area contributed by atoms with Gasteiger partial charge in [0, 0.05) is 24.1 Å². The number of carbonyl (C=O) groups is 1. The van der Waals surface area contributed by atoms with E-state index in [4.69, 9.17) is 4.74 Å². The van der Waals surface area contributed by atoms with Gasteiger partial charge in [0.15, 0.2) is 0 Å². The fourth-order valence-electron chi connectivity index (χ4n) is 2.69. The Morgan fingerprint density at radius 2 is 1.85 bits per heavy atom. The molecule has 0 aliphatic heterocycles. The maximum Gasteiger partial charge on any atom is 0.270 e. The van der Waals surface area contributed by atoms with Gasteiger partial charge in [-0.2, -0.15) is 0 Å². The normalized spacial score (nSPS) is 10.3. The van der Waals surface area contributed by atoms with Crippen LogP contribution in [0.2, 0.25) is 0 Å². The van der Waals surface area contributed by atoms with E-state index in [1.807, 2.05) is 42.5 Å². The molecule has 2 aromatic carbocycles. The zero-order valence-corrected chi connectivity index (χ0v) is 15.7. The van der Waals surface area contributed by atoms with Crippen molar-refractivity contribution in [3.63, 3.8) is 0 Å². The second-order valence-electron chi connectivity index (χ2n) is 6.33. The highest BCUT2D eigenvalue weighted by Crippen LogP contribution is 2.23. The van der Waals surface area contributed by atoms with Crippen molar-refractivity contribution < 1.29 is 9.53 Å². The van der Waals surface area contributed by atoms with E-state index in [0.717, 1.165) is 22.7 Å². The number of rotatable bonds is 6. The van der Waals surface area contributed by atoms with Crippen molar-refractivity contribution in [2.45, 2.75) is 20.4 Å². The maximum absolute atomic E-state index is 12.4. The Bertz CT molecular complexity index is 937. The first kappa shape index (κ1) is 18.5. The lowest BCUT2D eigenvalue weighted by Gasteiger charge is -2.12. The second kappa shape index (κ2) is 8.36. The van der Waals surface area contributed by atoms with Gasteiger partial charge in [-0.1, -0.05) is 24.3 Å². The van der Waals surface area contributed by atoms with Gasteiger partial charge < -0.3 is 15.4 Å². The van der Waals surface area contributed by atoms with Gasteiger partial charge in [-0.05, 0) is 60.9 Å². The van der Waals surface area contributed by atoms with Crippen molar-refractivity contribution in [3.8, 4) is 5.75 Å². The summed E-state index contributed by atoms with van der Waals surface area (Å²) in [6.07, 6.45) is 1.63. The predicted octanol–water partition coefficient (Wildman–Crippen LogP) is 4.38. The number of amides is 1. The minimum absolute atomic E-state index is 0.213. The van der Waals surface area contributed by atoms with E-state index in [9.17, 15) is 4.79 Å². The molecule has 1 heterocycles. The van der Waals surface area contributed by atoms with Gasteiger partial charge in [0.1, 0.15) is 11.4 Å². The number of carbonyl (C=O) groups excluding carboxylic acids is 1. The molecule has 5 heteroatoms. The molecule has 0 atom stereocenters. The Morgan fingerprint density at radius 3 is 2.59 bits per heavy atom. The number of methoxy groups -OCH3 is 1. The third-order valence-electron chi connectivity index (χ3n) is 4.49. The molecule has 1 amide bonds. The lowest BCUT2D eigenvalue weighted by atomic mass is 10.1. The van der Waals surface area contributed by atoms with Crippen molar-refractivity contribution >= 4 is 17.3 Å². The lowest BCUT2D eigenvalue weighted by Crippen LogP contribution is -2.23. The zero-order valence-electron chi connectivity index (χ0n) is 15.7. The molecule has 138 valence electrons. The Labute approximate surface area is 159 Å². The van der Waals surface area contributed by atoms with Crippen LogP contribution >= 0.6 is 0 Å². The van der Waals surface area contributed by atoms with E-state index >= 15 is 0 Å². The zero-order chi connectivity index (χ0) is 19.2. The molecule has 3 rings (SSSR count). The van der Waals surface area contributed by atoms with Crippen LogP contribution in [0.4, 0.5) is 11.4 Å².